The second-order valence-corrected chi connectivity index (χ2v) is 5.07. The monoisotopic (exact) mass is 331 g/mol. The number of ether oxygens (including phenoxy) is 2. The van der Waals surface area contributed by atoms with Crippen LogP contribution in [0.4, 0.5) is 4.79 Å². The van der Waals surface area contributed by atoms with E-state index in [1.807, 2.05) is 5.32 Å². The van der Waals surface area contributed by atoms with Crippen molar-refractivity contribution in [1.82, 2.24) is 14.7 Å². The van der Waals surface area contributed by atoms with Gasteiger partial charge in [0.05, 0.1) is 7.11 Å². The molecule has 0 aliphatic rings. The molecule has 2 rings (SSSR count). The van der Waals surface area contributed by atoms with E-state index in [9.17, 15) is 14.4 Å². The number of carbonyl (C=O) groups is 3. The van der Waals surface area contributed by atoms with Crippen molar-refractivity contribution >= 4 is 45.9 Å². The van der Waals surface area contributed by atoms with Crippen LogP contribution in [0.25, 0.3) is 4.96 Å². The molecular formula is C11H10ClN3O5S. The molecule has 0 aliphatic carbocycles. The fourth-order valence-electron chi connectivity index (χ4n) is 1.47. The molecule has 2 aromatic rings. The summed E-state index contributed by atoms with van der Waals surface area (Å²) in [6.07, 6.45) is -0.531. The first-order valence-electron chi connectivity index (χ1n) is 5.65. The van der Waals surface area contributed by atoms with Crippen LogP contribution in [-0.4, -0.2) is 40.6 Å². The molecule has 0 aliphatic heterocycles. The number of nitrogens with zero attached hydrogens (tertiary/aromatic N) is 2. The highest BCUT2D eigenvalue weighted by Crippen LogP contribution is 2.22. The van der Waals surface area contributed by atoms with Crippen molar-refractivity contribution in [2.45, 2.75) is 13.0 Å². The number of halogens is 1. The molecule has 0 fully saturated rings. The first-order valence-corrected chi connectivity index (χ1v) is 6.90. The Morgan fingerprint density at radius 3 is 2.86 bits per heavy atom. The zero-order chi connectivity index (χ0) is 15.6. The Balaban J connectivity index is 2.10. The lowest BCUT2D eigenvalue weighted by Gasteiger charge is -2.11. The number of thiazole rings is 1. The Kier molecular flexibility index (Phi) is 4.43. The van der Waals surface area contributed by atoms with Crippen LogP contribution in [0.2, 0.25) is 5.15 Å². The number of hydrogen-bond acceptors (Lipinski definition) is 7. The Hall–Kier alpha value is -2.13. The van der Waals surface area contributed by atoms with E-state index in [-0.39, 0.29) is 10.8 Å². The molecule has 21 heavy (non-hydrogen) atoms. The molecule has 2 amide bonds. The van der Waals surface area contributed by atoms with E-state index in [1.165, 1.54) is 22.7 Å². The van der Waals surface area contributed by atoms with Crippen molar-refractivity contribution in [1.29, 1.82) is 0 Å². The number of carbonyl (C=O) groups excluding carboxylic acids is 3. The molecule has 0 radical (unpaired) electrons. The largest absolute Gasteiger partial charge is 0.453 e. The topological polar surface area (TPSA) is 99.0 Å². The average Bonchev–Trinajstić information content (AvgIpc) is 2.97. The maximum atomic E-state index is 12.0. The number of esters is 1. The fraction of sp³-hybridized carbons (Fsp3) is 0.273. The van der Waals surface area contributed by atoms with E-state index in [0.717, 1.165) is 7.11 Å². The van der Waals surface area contributed by atoms with E-state index < -0.39 is 24.1 Å². The summed E-state index contributed by atoms with van der Waals surface area (Å²) in [6.45, 7) is 1.32. The van der Waals surface area contributed by atoms with Crippen molar-refractivity contribution < 1.29 is 23.9 Å². The van der Waals surface area contributed by atoms with Crippen molar-refractivity contribution in [3.63, 3.8) is 0 Å². The summed E-state index contributed by atoms with van der Waals surface area (Å²) >= 11 is 7.17. The van der Waals surface area contributed by atoms with Gasteiger partial charge in [-0.05, 0) is 6.92 Å². The summed E-state index contributed by atoms with van der Waals surface area (Å²) < 4.78 is 10.7. The number of imide groups is 1. The van der Waals surface area contributed by atoms with Crippen LogP contribution in [-0.2, 0) is 14.3 Å². The molecule has 1 N–H and O–H groups in total. The minimum atomic E-state index is -1.20. The number of alkyl carbamates (subject to hydrolysis) is 1. The van der Waals surface area contributed by atoms with Gasteiger partial charge in [0.15, 0.2) is 21.9 Å². The predicted molar refractivity (Wildman–Crippen MR) is 73.5 cm³/mol. The third-order valence-electron chi connectivity index (χ3n) is 2.48. The summed E-state index contributed by atoms with van der Waals surface area (Å²) in [6, 6.07) is 0. The van der Waals surface area contributed by atoms with Gasteiger partial charge >= 0.3 is 12.1 Å². The number of fused-ring (bicyclic) bond motifs is 1. The summed E-state index contributed by atoms with van der Waals surface area (Å²) in [5.74, 6) is -1.63. The SMILES string of the molecule is COC(=O)NC(=O)[C@@H](C)OC(=O)c1c(Cl)nc2sccn12. The predicted octanol–water partition coefficient (Wildman–Crippen LogP) is 1.48. The number of methoxy groups -OCH3 is 1. The number of amides is 2. The Morgan fingerprint density at radius 2 is 2.19 bits per heavy atom. The lowest BCUT2D eigenvalue weighted by Crippen LogP contribution is -2.39. The Morgan fingerprint density at radius 1 is 1.48 bits per heavy atom. The van der Waals surface area contributed by atoms with Gasteiger partial charge < -0.3 is 9.47 Å². The number of rotatable bonds is 3. The second-order valence-electron chi connectivity index (χ2n) is 3.84. The van der Waals surface area contributed by atoms with Crippen LogP contribution in [0.3, 0.4) is 0 Å². The maximum absolute atomic E-state index is 12.0. The number of hydrogen-bond donors (Lipinski definition) is 1. The van der Waals surface area contributed by atoms with Crippen molar-refractivity contribution in [3.8, 4) is 0 Å². The summed E-state index contributed by atoms with van der Waals surface area (Å²) in [5.41, 5.74) is 0.0191. The van der Waals surface area contributed by atoms with Crippen LogP contribution in [0.5, 0.6) is 0 Å². The highest BCUT2D eigenvalue weighted by Gasteiger charge is 2.25. The molecule has 1 atom stereocenters. The average molecular weight is 332 g/mol. The van der Waals surface area contributed by atoms with E-state index in [4.69, 9.17) is 16.3 Å². The second kappa shape index (κ2) is 6.10. The standard InChI is InChI=1S/C11H10ClN3O5S/c1-5(8(16)14-11(18)19-2)20-9(17)6-7(12)13-10-15(6)3-4-21-10/h3-5H,1-2H3,(H,14,16,18)/t5-/m1/s1. The third kappa shape index (κ3) is 3.14. The molecule has 2 heterocycles. The van der Waals surface area contributed by atoms with Gasteiger partial charge in [-0.15, -0.1) is 11.3 Å². The van der Waals surface area contributed by atoms with Gasteiger partial charge in [0.25, 0.3) is 5.91 Å². The molecule has 0 aromatic carbocycles. The smallest absolute Gasteiger partial charge is 0.413 e. The lowest BCUT2D eigenvalue weighted by atomic mass is 10.3. The molecule has 112 valence electrons. The molecular weight excluding hydrogens is 322 g/mol. The van der Waals surface area contributed by atoms with Gasteiger partial charge in [-0.25, -0.2) is 14.6 Å². The first-order chi connectivity index (χ1) is 9.93. The highest BCUT2D eigenvalue weighted by atomic mass is 35.5. The summed E-state index contributed by atoms with van der Waals surface area (Å²) in [7, 11) is 1.11. The van der Waals surface area contributed by atoms with Crippen LogP contribution in [0.1, 0.15) is 17.4 Å². The van der Waals surface area contributed by atoms with Gasteiger partial charge in [0.2, 0.25) is 0 Å². The zero-order valence-electron chi connectivity index (χ0n) is 11.0. The molecule has 0 spiro atoms. The highest BCUT2D eigenvalue weighted by molar-refractivity contribution is 7.15. The molecule has 0 saturated carbocycles. The van der Waals surface area contributed by atoms with Crippen LogP contribution in [0.15, 0.2) is 11.6 Å². The molecule has 2 aromatic heterocycles. The van der Waals surface area contributed by atoms with E-state index in [2.05, 4.69) is 9.72 Å². The normalized spacial score (nSPS) is 12.0. The number of aromatic nitrogens is 2. The van der Waals surface area contributed by atoms with Gasteiger partial charge in [0, 0.05) is 11.6 Å². The molecule has 0 unspecified atom stereocenters. The van der Waals surface area contributed by atoms with Gasteiger partial charge in [-0.3, -0.25) is 14.5 Å². The Bertz CT molecular complexity index is 710. The Labute approximate surface area is 127 Å². The fourth-order valence-corrected chi connectivity index (χ4v) is 2.48. The van der Waals surface area contributed by atoms with E-state index in [1.54, 1.807) is 11.6 Å². The van der Waals surface area contributed by atoms with E-state index >= 15 is 0 Å². The zero-order valence-corrected chi connectivity index (χ0v) is 12.5. The minimum Gasteiger partial charge on any atom is -0.453 e. The van der Waals surface area contributed by atoms with Crippen molar-refractivity contribution in [2.24, 2.45) is 0 Å². The van der Waals surface area contributed by atoms with Gasteiger partial charge in [-0.1, -0.05) is 11.6 Å². The molecule has 10 heteroatoms. The van der Waals surface area contributed by atoms with Crippen LogP contribution < -0.4 is 5.32 Å². The third-order valence-corrected chi connectivity index (χ3v) is 3.50. The van der Waals surface area contributed by atoms with Crippen molar-refractivity contribution in [2.75, 3.05) is 7.11 Å². The van der Waals surface area contributed by atoms with Crippen LogP contribution >= 0.6 is 22.9 Å². The molecule has 0 saturated heterocycles. The quantitative estimate of drug-likeness (QED) is 0.855. The number of imidazole rings is 1. The summed E-state index contributed by atoms with van der Waals surface area (Å²) in [5, 5.41) is 3.60. The van der Waals surface area contributed by atoms with Crippen LogP contribution in [0, 0.1) is 0 Å². The van der Waals surface area contributed by atoms with Crippen molar-refractivity contribution in [3.05, 3.63) is 22.4 Å². The minimum absolute atomic E-state index is 0.0191. The lowest BCUT2D eigenvalue weighted by molar-refractivity contribution is -0.128. The first kappa shape index (κ1) is 15.3. The molecule has 8 nitrogen and oxygen atoms in total. The summed E-state index contributed by atoms with van der Waals surface area (Å²) in [4.78, 5) is 39.0. The number of nitrogens with one attached hydrogen (secondary N) is 1. The van der Waals surface area contributed by atoms with Gasteiger partial charge in [0.1, 0.15) is 0 Å². The van der Waals surface area contributed by atoms with E-state index in [0.29, 0.717) is 4.96 Å². The van der Waals surface area contributed by atoms with Gasteiger partial charge in [-0.2, -0.15) is 0 Å². The maximum Gasteiger partial charge on any atom is 0.413 e. The molecule has 0 bridgehead atoms.